The van der Waals surface area contributed by atoms with Crippen LogP contribution in [0.4, 0.5) is 10.1 Å². The van der Waals surface area contributed by atoms with Gasteiger partial charge in [0.25, 0.3) is 0 Å². The van der Waals surface area contributed by atoms with E-state index in [1.165, 1.54) is 6.07 Å². The van der Waals surface area contributed by atoms with Gasteiger partial charge >= 0.3 is 5.97 Å². The second kappa shape index (κ2) is 7.52. The molecule has 0 radical (unpaired) electrons. The Kier molecular flexibility index (Phi) is 4.98. The highest BCUT2D eigenvalue weighted by molar-refractivity contribution is 5.89. The summed E-state index contributed by atoms with van der Waals surface area (Å²) in [5, 5.41) is 16.3. The van der Waals surface area contributed by atoms with E-state index >= 15 is 0 Å². The summed E-state index contributed by atoms with van der Waals surface area (Å²) in [5.74, 6) is -2.21. The molecule has 0 bridgehead atoms. The molecule has 0 aliphatic rings. The predicted molar refractivity (Wildman–Crippen MR) is 89.7 cm³/mol. The molecule has 0 atom stereocenters. The van der Waals surface area contributed by atoms with Crippen LogP contribution in [-0.4, -0.2) is 37.4 Å². The molecule has 25 heavy (non-hydrogen) atoms. The Labute approximate surface area is 143 Å². The Bertz CT molecular complexity index is 850. The van der Waals surface area contributed by atoms with Gasteiger partial charge in [0.05, 0.1) is 35.0 Å². The van der Waals surface area contributed by atoms with Crippen molar-refractivity contribution in [3.05, 3.63) is 60.4 Å². The van der Waals surface area contributed by atoms with Gasteiger partial charge in [-0.25, -0.2) is 9.18 Å². The number of aryl methyl sites for hydroxylation is 1. The number of nitrogens with zero attached hydrogens (tertiary/aromatic N) is 4. The molecule has 7 nitrogen and oxygen atoms in total. The minimum Gasteiger partial charge on any atom is -0.478 e. The number of halogens is 1. The maximum atomic E-state index is 13.4. The van der Waals surface area contributed by atoms with Crippen molar-refractivity contribution in [1.29, 1.82) is 0 Å². The number of pyridine rings is 2. The number of aromatic carboxylic acids is 1. The van der Waals surface area contributed by atoms with Crippen molar-refractivity contribution in [1.82, 2.24) is 19.7 Å². The van der Waals surface area contributed by atoms with Crippen LogP contribution in [0, 0.1) is 5.82 Å². The molecule has 8 heteroatoms. The lowest BCUT2D eigenvalue weighted by molar-refractivity contribution is 0.0691. The van der Waals surface area contributed by atoms with Crippen molar-refractivity contribution in [2.24, 2.45) is 0 Å². The lowest BCUT2D eigenvalue weighted by Crippen LogP contribution is -2.07. The Morgan fingerprint density at radius 2 is 2.08 bits per heavy atom. The number of carboxylic acids is 1. The fourth-order valence-corrected chi connectivity index (χ4v) is 2.30. The first-order valence-electron chi connectivity index (χ1n) is 7.70. The van der Waals surface area contributed by atoms with E-state index in [0.717, 1.165) is 31.4 Å². The average molecular weight is 341 g/mol. The van der Waals surface area contributed by atoms with Crippen LogP contribution in [0.3, 0.4) is 0 Å². The van der Waals surface area contributed by atoms with Crippen molar-refractivity contribution in [2.75, 3.05) is 11.9 Å². The number of hydrogen-bond acceptors (Lipinski definition) is 5. The number of carboxylic acid groups (broad SMARTS) is 1. The van der Waals surface area contributed by atoms with Crippen LogP contribution in [0.15, 0.2) is 49.1 Å². The predicted octanol–water partition coefficient (Wildman–Crippen LogP) is 2.68. The lowest BCUT2D eigenvalue weighted by atomic mass is 10.1. The molecule has 128 valence electrons. The van der Waals surface area contributed by atoms with Gasteiger partial charge in [0, 0.05) is 25.5 Å². The molecule has 3 aromatic rings. The average Bonchev–Trinajstić information content (AvgIpc) is 3.13. The van der Waals surface area contributed by atoms with E-state index < -0.39 is 17.3 Å². The highest BCUT2D eigenvalue weighted by atomic mass is 19.1. The first-order chi connectivity index (χ1) is 12.1. The number of aromatic nitrogens is 4. The summed E-state index contributed by atoms with van der Waals surface area (Å²) in [4.78, 5) is 19.1. The summed E-state index contributed by atoms with van der Waals surface area (Å²) in [6, 6.07) is 6.59. The smallest absolute Gasteiger partial charge is 0.338 e. The second-order valence-corrected chi connectivity index (χ2v) is 5.34. The zero-order valence-corrected chi connectivity index (χ0v) is 13.3. The molecule has 0 aliphatic heterocycles. The molecule has 0 saturated heterocycles. The number of anilines is 1. The van der Waals surface area contributed by atoms with Crippen LogP contribution in [-0.2, 0) is 6.54 Å². The quantitative estimate of drug-likeness (QED) is 0.642. The minimum absolute atomic E-state index is 0.309. The van der Waals surface area contributed by atoms with Crippen molar-refractivity contribution in [3.8, 4) is 11.4 Å². The molecule has 2 N–H and O–H groups in total. The summed E-state index contributed by atoms with van der Waals surface area (Å²) < 4.78 is 15.3. The molecular weight excluding hydrogens is 325 g/mol. The third kappa shape index (κ3) is 4.17. The van der Waals surface area contributed by atoms with Gasteiger partial charge in [0.15, 0.2) is 5.82 Å². The van der Waals surface area contributed by atoms with E-state index in [0.29, 0.717) is 11.4 Å². The number of nitrogens with one attached hydrogen (secondary N) is 1. The zero-order chi connectivity index (χ0) is 17.6. The maximum absolute atomic E-state index is 13.4. The van der Waals surface area contributed by atoms with Crippen molar-refractivity contribution < 1.29 is 14.3 Å². The summed E-state index contributed by atoms with van der Waals surface area (Å²) in [7, 11) is 0. The van der Waals surface area contributed by atoms with Crippen LogP contribution in [0.5, 0.6) is 0 Å². The Balaban J connectivity index is 1.60. The molecule has 0 fully saturated rings. The van der Waals surface area contributed by atoms with Gasteiger partial charge in [0.1, 0.15) is 0 Å². The van der Waals surface area contributed by atoms with Gasteiger partial charge in [-0.2, -0.15) is 5.10 Å². The van der Waals surface area contributed by atoms with Gasteiger partial charge in [-0.3, -0.25) is 14.6 Å². The second-order valence-electron chi connectivity index (χ2n) is 5.34. The van der Waals surface area contributed by atoms with E-state index in [-0.39, 0.29) is 0 Å². The summed E-state index contributed by atoms with van der Waals surface area (Å²) in [6.07, 6.45) is 7.09. The first kappa shape index (κ1) is 16.6. The Hall–Kier alpha value is -3.29. The monoisotopic (exact) mass is 341 g/mol. The van der Waals surface area contributed by atoms with E-state index in [2.05, 4.69) is 20.4 Å². The largest absolute Gasteiger partial charge is 0.478 e. The number of carbonyl (C=O) groups is 1. The van der Waals surface area contributed by atoms with Crippen LogP contribution in [0.2, 0.25) is 0 Å². The SMILES string of the molecule is O=C(O)c1cc(-c2ccc(NCCCn3cccn3)cn2)ncc1F. The minimum atomic E-state index is -1.34. The van der Waals surface area contributed by atoms with Crippen molar-refractivity contribution in [2.45, 2.75) is 13.0 Å². The van der Waals surface area contributed by atoms with Gasteiger partial charge in [-0.1, -0.05) is 0 Å². The van der Waals surface area contributed by atoms with Crippen LogP contribution in [0.1, 0.15) is 16.8 Å². The fourth-order valence-electron chi connectivity index (χ4n) is 2.30. The summed E-state index contributed by atoms with van der Waals surface area (Å²) in [5.41, 5.74) is 1.20. The Morgan fingerprint density at radius 3 is 2.76 bits per heavy atom. The van der Waals surface area contributed by atoms with Gasteiger partial charge < -0.3 is 10.4 Å². The molecule has 0 saturated carbocycles. The summed E-state index contributed by atoms with van der Waals surface area (Å²) >= 11 is 0. The Morgan fingerprint density at radius 1 is 1.24 bits per heavy atom. The molecule has 0 spiro atoms. The third-order valence-corrected chi connectivity index (χ3v) is 3.56. The van der Waals surface area contributed by atoms with E-state index in [4.69, 9.17) is 5.11 Å². The lowest BCUT2D eigenvalue weighted by Gasteiger charge is -2.07. The normalized spacial score (nSPS) is 10.6. The van der Waals surface area contributed by atoms with Crippen molar-refractivity contribution in [3.63, 3.8) is 0 Å². The first-order valence-corrected chi connectivity index (χ1v) is 7.70. The maximum Gasteiger partial charge on any atom is 0.338 e. The van der Waals surface area contributed by atoms with E-state index in [1.54, 1.807) is 18.5 Å². The topological polar surface area (TPSA) is 92.9 Å². The fraction of sp³-hybridized carbons (Fsp3) is 0.176. The van der Waals surface area contributed by atoms with E-state index in [1.807, 2.05) is 23.0 Å². The van der Waals surface area contributed by atoms with E-state index in [9.17, 15) is 9.18 Å². The van der Waals surface area contributed by atoms with Crippen LogP contribution < -0.4 is 5.32 Å². The number of rotatable bonds is 7. The summed E-state index contributed by atoms with van der Waals surface area (Å²) in [6.45, 7) is 1.59. The molecule has 3 heterocycles. The highest BCUT2D eigenvalue weighted by Crippen LogP contribution is 2.19. The molecule has 0 aliphatic carbocycles. The third-order valence-electron chi connectivity index (χ3n) is 3.56. The molecular formula is C17H16FN5O2. The van der Waals surface area contributed by atoms with Gasteiger partial charge in [0.2, 0.25) is 0 Å². The van der Waals surface area contributed by atoms with Crippen molar-refractivity contribution >= 4 is 11.7 Å². The standard InChI is InChI=1S/C17H16FN5O2/c18-14-11-21-16(9-13(14)17(24)25)15-4-3-12(10-20-15)19-5-1-7-23-8-2-6-22-23/h2-4,6,8-11,19H,1,5,7H2,(H,24,25). The molecule has 0 unspecified atom stereocenters. The van der Waals surface area contributed by atoms with Crippen LogP contribution in [0.25, 0.3) is 11.4 Å². The molecule has 0 amide bonds. The molecule has 3 aromatic heterocycles. The van der Waals surface area contributed by atoms with Gasteiger partial charge in [-0.15, -0.1) is 0 Å². The van der Waals surface area contributed by atoms with Crippen LogP contribution >= 0.6 is 0 Å². The zero-order valence-electron chi connectivity index (χ0n) is 13.3. The van der Waals surface area contributed by atoms with Gasteiger partial charge in [-0.05, 0) is 30.7 Å². The highest BCUT2D eigenvalue weighted by Gasteiger charge is 2.13. The molecule has 0 aromatic carbocycles. The number of hydrogen-bond donors (Lipinski definition) is 2. The molecule has 3 rings (SSSR count).